The van der Waals surface area contributed by atoms with Gasteiger partial charge >= 0.3 is 0 Å². The van der Waals surface area contributed by atoms with Crippen LogP contribution >= 0.6 is 11.8 Å². The van der Waals surface area contributed by atoms with Gasteiger partial charge in [-0.2, -0.15) is 0 Å². The van der Waals surface area contributed by atoms with E-state index < -0.39 is 0 Å². The average Bonchev–Trinajstić information content (AvgIpc) is 2.35. The molecule has 1 aromatic heterocycles. The van der Waals surface area contributed by atoms with E-state index in [0.717, 1.165) is 24.1 Å². The zero-order chi connectivity index (χ0) is 15.0. The molecule has 0 amide bonds. The predicted molar refractivity (Wildman–Crippen MR) is 88.3 cm³/mol. The molecule has 0 atom stereocenters. The Bertz CT molecular complexity index is 430. The maximum atomic E-state index is 4.57. The molecule has 0 aliphatic heterocycles. The Hall–Kier alpha value is -1.23. The molecule has 0 fully saturated rings. The van der Waals surface area contributed by atoms with Gasteiger partial charge in [-0.1, -0.05) is 20.8 Å². The molecule has 0 spiro atoms. The first-order valence-electron chi connectivity index (χ1n) is 7.10. The molecular weight excluding hydrogens is 268 g/mol. The third-order valence-corrected chi connectivity index (χ3v) is 3.36. The number of hydrogen-bond acceptors (Lipinski definition) is 3. The maximum absolute atomic E-state index is 4.57. The largest absolute Gasteiger partial charge is 0.357 e. The number of nitrogens with one attached hydrogen (secondary N) is 2. The van der Waals surface area contributed by atoms with Crippen molar-refractivity contribution in [2.24, 2.45) is 4.99 Å². The molecule has 1 rings (SSSR count). The number of aliphatic imine (C=N–C) groups is 1. The third kappa shape index (κ3) is 6.80. The van der Waals surface area contributed by atoms with Crippen molar-refractivity contribution >= 4 is 17.7 Å². The van der Waals surface area contributed by atoms with E-state index in [4.69, 9.17) is 0 Å². The average molecular weight is 294 g/mol. The monoisotopic (exact) mass is 294 g/mol. The van der Waals surface area contributed by atoms with Gasteiger partial charge in [-0.15, -0.1) is 11.8 Å². The Labute approximate surface area is 126 Å². The molecule has 112 valence electrons. The summed E-state index contributed by atoms with van der Waals surface area (Å²) in [5.41, 5.74) is 1.18. The van der Waals surface area contributed by atoms with Crippen molar-refractivity contribution in [1.29, 1.82) is 0 Å². The van der Waals surface area contributed by atoms with Crippen molar-refractivity contribution in [3.8, 4) is 0 Å². The molecule has 0 saturated heterocycles. The minimum absolute atomic E-state index is 0.174. The van der Waals surface area contributed by atoms with Crippen LogP contribution in [0.2, 0.25) is 0 Å². The lowest BCUT2D eigenvalue weighted by Crippen LogP contribution is -2.36. The molecule has 0 aromatic carbocycles. The standard InChI is InChI=1S/C15H26N4S/c1-6-16-14(17-7-2)19-11-12-8-9-18-13(10-12)20-15(3,4)5/h8-10H,6-7,11H2,1-5H3,(H2,16,17,19). The third-order valence-electron chi connectivity index (χ3n) is 2.32. The Morgan fingerprint density at radius 1 is 1.25 bits per heavy atom. The minimum atomic E-state index is 0.174. The summed E-state index contributed by atoms with van der Waals surface area (Å²) in [6.45, 7) is 13.1. The van der Waals surface area contributed by atoms with E-state index in [9.17, 15) is 0 Å². The van der Waals surface area contributed by atoms with E-state index in [-0.39, 0.29) is 4.75 Å². The number of rotatable bonds is 5. The number of guanidine groups is 1. The van der Waals surface area contributed by atoms with Crippen molar-refractivity contribution < 1.29 is 0 Å². The van der Waals surface area contributed by atoms with Gasteiger partial charge in [0.1, 0.15) is 0 Å². The quantitative estimate of drug-likeness (QED) is 0.498. The molecular formula is C15H26N4S. The lowest BCUT2D eigenvalue weighted by molar-refractivity contribution is 0.798. The van der Waals surface area contributed by atoms with Crippen LogP contribution in [0, 0.1) is 0 Å². The van der Waals surface area contributed by atoms with Gasteiger partial charge < -0.3 is 10.6 Å². The van der Waals surface area contributed by atoms with Crippen LogP contribution in [0.3, 0.4) is 0 Å². The second-order valence-electron chi connectivity index (χ2n) is 5.44. The van der Waals surface area contributed by atoms with Gasteiger partial charge in [-0.25, -0.2) is 9.98 Å². The van der Waals surface area contributed by atoms with Gasteiger partial charge in [0.15, 0.2) is 5.96 Å². The molecule has 1 aromatic rings. The number of aromatic nitrogens is 1. The summed E-state index contributed by atoms with van der Waals surface area (Å²) in [6, 6.07) is 4.14. The van der Waals surface area contributed by atoms with Crippen LogP contribution in [0.1, 0.15) is 40.2 Å². The van der Waals surface area contributed by atoms with E-state index in [2.05, 4.69) is 61.3 Å². The Balaban J connectivity index is 2.72. The fraction of sp³-hybridized carbons (Fsp3) is 0.600. The zero-order valence-corrected chi connectivity index (χ0v) is 14.0. The van der Waals surface area contributed by atoms with Gasteiger partial charge in [-0.3, -0.25) is 0 Å². The van der Waals surface area contributed by atoms with Crippen LogP contribution in [-0.2, 0) is 6.54 Å². The van der Waals surface area contributed by atoms with Crippen molar-refractivity contribution in [3.05, 3.63) is 23.9 Å². The summed E-state index contributed by atoms with van der Waals surface area (Å²) < 4.78 is 0.174. The summed E-state index contributed by atoms with van der Waals surface area (Å²) in [5, 5.41) is 7.50. The zero-order valence-electron chi connectivity index (χ0n) is 13.2. The minimum Gasteiger partial charge on any atom is -0.357 e. The fourth-order valence-corrected chi connectivity index (χ4v) is 2.55. The number of hydrogen-bond donors (Lipinski definition) is 2. The van der Waals surface area contributed by atoms with E-state index in [1.165, 1.54) is 5.56 Å². The molecule has 0 aliphatic carbocycles. The number of nitrogens with zero attached hydrogens (tertiary/aromatic N) is 2. The lowest BCUT2D eigenvalue weighted by Gasteiger charge is -2.16. The summed E-state index contributed by atoms with van der Waals surface area (Å²) in [4.78, 5) is 8.98. The van der Waals surface area contributed by atoms with Crippen LogP contribution in [0.15, 0.2) is 28.3 Å². The van der Waals surface area contributed by atoms with E-state index in [1.54, 1.807) is 11.8 Å². The SMILES string of the molecule is CCNC(=NCc1ccnc(SC(C)(C)C)c1)NCC. The number of thioether (sulfide) groups is 1. The van der Waals surface area contributed by atoms with Crippen molar-refractivity contribution in [3.63, 3.8) is 0 Å². The van der Waals surface area contributed by atoms with Gasteiger partial charge in [0, 0.05) is 24.0 Å². The second-order valence-corrected chi connectivity index (χ2v) is 7.29. The van der Waals surface area contributed by atoms with Gasteiger partial charge in [-0.05, 0) is 31.5 Å². The fourth-order valence-electron chi connectivity index (χ4n) is 1.60. The molecule has 2 N–H and O–H groups in total. The topological polar surface area (TPSA) is 49.3 Å². The van der Waals surface area contributed by atoms with Crippen LogP contribution in [0.4, 0.5) is 0 Å². The second kappa shape index (κ2) is 8.15. The Morgan fingerprint density at radius 3 is 2.45 bits per heavy atom. The smallest absolute Gasteiger partial charge is 0.191 e. The van der Waals surface area contributed by atoms with Gasteiger partial charge in [0.05, 0.1) is 11.6 Å². The highest BCUT2D eigenvalue weighted by atomic mass is 32.2. The van der Waals surface area contributed by atoms with E-state index in [0.29, 0.717) is 6.54 Å². The van der Waals surface area contributed by atoms with Crippen molar-refractivity contribution in [2.45, 2.75) is 50.9 Å². The van der Waals surface area contributed by atoms with Crippen LogP contribution in [0.5, 0.6) is 0 Å². The van der Waals surface area contributed by atoms with Gasteiger partial charge in [0.2, 0.25) is 0 Å². The summed E-state index contributed by atoms with van der Waals surface area (Å²) in [6.07, 6.45) is 1.86. The molecule has 0 radical (unpaired) electrons. The highest BCUT2D eigenvalue weighted by molar-refractivity contribution is 8.00. The van der Waals surface area contributed by atoms with Crippen LogP contribution in [0.25, 0.3) is 0 Å². The summed E-state index contributed by atoms with van der Waals surface area (Å²) in [5.74, 6) is 0.858. The van der Waals surface area contributed by atoms with Crippen molar-refractivity contribution in [2.75, 3.05) is 13.1 Å². The Morgan fingerprint density at radius 2 is 1.90 bits per heavy atom. The maximum Gasteiger partial charge on any atom is 0.191 e. The lowest BCUT2D eigenvalue weighted by atomic mass is 10.3. The molecule has 1 heterocycles. The Kier molecular flexibility index (Phi) is 6.85. The molecule has 0 saturated carbocycles. The molecule has 20 heavy (non-hydrogen) atoms. The van der Waals surface area contributed by atoms with E-state index in [1.807, 2.05) is 12.3 Å². The first-order valence-corrected chi connectivity index (χ1v) is 7.92. The van der Waals surface area contributed by atoms with E-state index >= 15 is 0 Å². The molecule has 4 nitrogen and oxygen atoms in total. The predicted octanol–water partition coefficient (Wildman–Crippen LogP) is 3.05. The highest BCUT2D eigenvalue weighted by Gasteiger charge is 2.13. The van der Waals surface area contributed by atoms with Crippen LogP contribution < -0.4 is 10.6 Å². The van der Waals surface area contributed by atoms with Crippen LogP contribution in [-0.4, -0.2) is 28.8 Å². The summed E-state index contributed by atoms with van der Waals surface area (Å²) in [7, 11) is 0. The summed E-state index contributed by atoms with van der Waals surface area (Å²) >= 11 is 1.78. The molecule has 0 unspecified atom stereocenters. The first-order chi connectivity index (χ1) is 9.44. The first kappa shape index (κ1) is 16.8. The molecule has 0 bridgehead atoms. The molecule has 0 aliphatic rings. The molecule has 5 heteroatoms. The van der Waals surface area contributed by atoms with Crippen molar-refractivity contribution in [1.82, 2.24) is 15.6 Å². The highest BCUT2D eigenvalue weighted by Crippen LogP contribution is 2.30. The van der Waals surface area contributed by atoms with Gasteiger partial charge in [0.25, 0.3) is 0 Å². The normalized spacial score (nSPS) is 11.1. The number of pyridine rings is 1.